The van der Waals surface area contributed by atoms with Gasteiger partial charge in [-0.2, -0.15) is 0 Å². The van der Waals surface area contributed by atoms with Crippen LogP contribution in [0.15, 0.2) is 4.99 Å². The van der Waals surface area contributed by atoms with Crippen LogP contribution >= 0.6 is 0 Å². The highest BCUT2D eigenvalue weighted by Crippen LogP contribution is 2.15. The molecule has 2 N–H and O–H groups in total. The third-order valence-corrected chi connectivity index (χ3v) is 3.81. The molecule has 20 heavy (non-hydrogen) atoms. The zero-order valence-corrected chi connectivity index (χ0v) is 13.7. The van der Waals surface area contributed by atoms with E-state index in [9.17, 15) is 0 Å². The predicted octanol–water partition coefficient (Wildman–Crippen LogP) is 2.46. The molecule has 0 saturated carbocycles. The van der Waals surface area contributed by atoms with E-state index in [0.29, 0.717) is 0 Å². The van der Waals surface area contributed by atoms with Gasteiger partial charge in [-0.1, -0.05) is 20.3 Å². The van der Waals surface area contributed by atoms with Crippen LogP contribution in [0.3, 0.4) is 0 Å². The average Bonchev–Trinajstić information content (AvgIpc) is 2.44. The molecule has 0 aromatic heterocycles. The predicted molar refractivity (Wildman–Crippen MR) is 88.3 cm³/mol. The molecule has 1 aliphatic rings. The van der Waals surface area contributed by atoms with Crippen LogP contribution in [-0.4, -0.2) is 50.1 Å². The Balaban J connectivity index is 2.18. The van der Waals surface area contributed by atoms with E-state index in [1.54, 1.807) is 0 Å². The third-order valence-electron chi connectivity index (χ3n) is 3.81. The Labute approximate surface area is 125 Å². The van der Waals surface area contributed by atoms with Crippen molar-refractivity contribution >= 4 is 5.96 Å². The number of hydrogen-bond donors (Lipinski definition) is 2. The normalized spacial score (nSPS) is 20.9. The Hall–Kier alpha value is -0.770. The fourth-order valence-corrected chi connectivity index (χ4v) is 2.70. The summed E-state index contributed by atoms with van der Waals surface area (Å²) in [5, 5.41) is 6.70. The molecule has 1 saturated heterocycles. The molecule has 118 valence electrons. The van der Waals surface area contributed by atoms with Crippen molar-refractivity contribution in [3.8, 4) is 0 Å². The Kier molecular flexibility index (Phi) is 9.46. The van der Waals surface area contributed by atoms with Gasteiger partial charge in [0, 0.05) is 26.2 Å². The van der Waals surface area contributed by atoms with Gasteiger partial charge < -0.3 is 15.5 Å². The summed E-state index contributed by atoms with van der Waals surface area (Å²) in [5.74, 6) is 1.85. The number of piperidine rings is 1. The molecular weight excluding hydrogens is 248 g/mol. The molecule has 1 rings (SSSR count). The average molecular weight is 282 g/mol. The second kappa shape index (κ2) is 11.0. The van der Waals surface area contributed by atoms with Crippen molar-refractivity contribution < 1.29 is 0 Å². The molecule has 1 heterocycles. The number of likely N-dealkylation sites (tertiary alicyclic amines) is 1. The summed E-state index contributed by atoms with van der Waals surface area (Å²) in [6, 6.07) is 0. The molecular formula is C16H34N4. The number of unbranched alkanes of at least 4 members (excludes halogenated alkanes) is 1. The maximum atomic E-state index is 4.66. The molecule has 1 unspecified atom stereocenters. The van der Waals surface area contributed by atoms with Gasteiger partial charge in [-0.25, -0.2) is 0 Å². The lowest BCUT2D eigenvalue weighted by molar-refractivity contribution is 0.183. The van der Waals surface area contributed by atoms with E-state index < -0.39 is 0 Å². The highest BCUT2D eigenvalue weighted by atomic mass is 15.2. The first kappa shape index (κ1) is 17.3. The van der Waals surface area contributed by atoms with Crippen molar-refractivity contribution in [1.82, 2.24) is 15.5 Å². The summed E-state index contributed by atoms with van der Waals surface area (Å²) >= 11 is 0. The quantitative estimate of drug-likeness (QED) is 0.408. The zero-order valence-electron chi connectivity index (χ0n) is 13.7. The number of hydrogen-bond acceptors (Lipinski definition) is 2. The maximum Gasteiger partial charge on any atom is 0.191 e. The lowest BCUT2D eigenvalue weighted by atomic mass is 10.0. The molecule has 1 atom stereocenters. The van der Waals surface area contributed by atoms with E-state index in [1.807, 2.05) is 0 Å². The van der Waals surface area contributed by atoms with Gasteiger partial charge in [-0.05, 0) is 51.6 Å². The van der Waals surface area contributed by atoms with Crippen LogP contribution in [0.2, 0.25) is 0 Å². The van der Waals surface area contributed by atoms with Gasteiger partial charge in [-0.3, -0.25) is 4.99 Å². The van der Waals surface area contributed by atoms with Gasteiger partial charge in [-0.15, -0.1) is 0 Å². The van der Waals surface area contributed by atoms with Crippen LogP contribution in [0.4, 0.5) is 0 Å². The first-order chi connectivity index (χ1) is 9.76. The molecule has 0 bridgehead atoms. The molecule has 4 heteroatoms. The van der Waals surface area contributed by atoms with E-state index in [0.717, 1.165) is 37.9 Å². The lowest BCUT2D eigenvalue weighted by Gasteiger charge is -2.30. The smallest absolute Gasteiger partial charge is 0.191 e. The van der Waals surface area contributed by atoms with Crippen molar-refractivity contribution in [1.29, 1.82) is 0 Å². The van der Waals surface area contributed by atoms with Crippen LogP contribution in [-0.2, 0) is 0 Å². The number of guanidine groups is 1. The monoisotopic (exact) mass is 282 g/mol. The molecule has 0 amide bonds. The van der Waals surface area contributed by atoms with Crippen LogP contribution < -0.4 is 10.6 Å². The van der Waals surface area contributed by atoms with Crippen molar-refractivity contribution in [2.75, 3.05) is 39.3 Å². The van der Waals surface area contributed by atoms with Gasteiger partial charge >= 0.3 is 0 Å². The van der Waals surface area contributed by atoms with E-state index in [-0.39, 0.29) is 0 Å². The highest BCUT2D eigenvalue weighted by Gasteiger charge is 2.15. The van der Waals surface area contributed by atoms with Crippen molar-refractivity contribution in [2.45, 2.75) is 52.9 Å². The lowest BCUT2D eigenvalue weighted by Crippen LogP contribution is -2.38. The van der Waals surface area contributed by atoms with Gasteiger partial charge in [0.05, 0.1) is 0 Å². The van der Waals surface area contributed by atoms with Gasteiger partial charge in [0.15, 0.2) is 5.96 Å². The topological polar surface area (TPSA) is 39.7 Å². The Morgan fingerprint density at radius 2 is 2.10 bits per heavy atom. The van der Waals surface area contributed by atoms with E-state index >= 15 is 0 Å². The molecule has 0 aliphatic carbocycles. The van der Waals surface area contributed by atoms with E-state index in [1.165, 1.54) is 45.3 Å². The summed E-state index contributed by atoms with van der Waals surface area (Å²) < 4.78 is 0. The molecule has 1 fully saturated rings. The van der Waals surface area contributed by atoms with Crippen LogP contribution in [0.5, 0.6) is 0 Å². The maximum absolute atomic E-state index is 4.66. The van der Waals surface area contributed by atoms with Crippen LogP contribution in [0.1, 0.15) is 52.9 Å². The van der Waals surface area contributed by atoms with E-state index in [2.05, 4.69) is 41.3 Å². The van der Waals surface area contributed by atoms with Gasteiger partial charge in [0.25, 0.3) is 0 Å². The van der Waals surface area contributed by atoms with Crippen molar-refractivity contribution in [3.63, 3.8) is 0 Å². The molecule has 0 spiro atoms. The summed E-state index contributed by atoms with van der Waals surface area (Å²) in [5.41, 5.74) is 0. The summed E-state index contributed by atoms with van der Waals surface area (Å²) in [7, 11) is 0. The SMILES string of the molecule is CCCCNC(=NCCCN1CCCC(C)C1)NCC. The highest BCUT2D eigenvalue weighted by molar-refractivity contribution is 5.79. The largest absolute Gasteiger partial charge is 0.357 e. The Bertz CT molecular complexity index is 265. The molecule has 0 radical (unpaired) electrons. The number of aliphatic imine (C=N–C) groups is 1. The minimum absolute atomic E-state index is 0.875. The fraction of sp³-hybridized carbons (Fsp3) is 0.938. The second-order valence-corrected chi connectivity index (χ2v) is 5.94. The summed E-state index contributed by atoms with van der Waals surface area (Å²) in [6.45, 7) is 13.3. The van der Waals surface area contributed by atoms with Crippen LogP contribution in [0.25, 0.3) is 0 Å². The minimum atomic E-state index is 0.875. The fourth-order valence-electron chi connectivity index (χ4n) is 2.70. The molecule has 1 aliphatic heterocycles. The molecule has 0 aromatic rings. The summed E-state index contributed by atoms with van der Waals surface area (Å²) in [6.07, 6.45) is 6.36. The minimum Gasteiger partial charge on any atom is -0.357 e. The molecule has 4 nitrogen and oxygen atoms in total. The van der Waals surface area contributed by atoms with Crippen LogP contribution in [0, 0.1) is 5.92 Å². The zero-order chi connectivity index (χ0) is 14.6. The third kappa shape index (κ3) is 7.73. The van der Waals surface area contributed by atoms with Gasteiger partial charge in [0.1, 0.15) is 0 Å². The number of rotatable bonds is 8. The first-order valence-corrected chi connectivity index (χ1v) is 8.50. The second-order valence-electron chi connectivity index (χ2n) is 5.94. The first-order valence-electron chi connectivity index (χ1n) is 8.50. The standard InChI is InChI=1S/C16H34N4/c1-4-6-10-18-16(17-5-2)19-11-8-13-20-12-7-9-15(3)14-20/h15H,4-14H2,1-3H3,(H2,17,18,19). The number of nitrogens with zero attached hydrogens (tertiary/aromatic N) is 2. The Morgan fingerprint density at radius 1 is 1.25 bits per heavy atom. The van der Waals surface area contributed by atoms with Gasteiger partial charge in [0.2, 0.25) is 0 Å². The van der Waals surface area contributed by atoms with Crippen molar-refractivity contribution in [3.05, 3.63) is 0 Å². The van der Waals surface area contributed by atoms with E-state index in [4.69, 9.17) is 0 Å². The number of nitrogens with one attached hydrogen (secondary N) is 2. The molecule has 0 aromatic carbocycles. The van der Waals surface area contributed by atoms with Crippen molar-refractivity contribution in [2.24, 2.45) is 10.9 Å². The summed E-state index contributed by atoms with van der Waals surface area (Å²) in [4.78, 5) is 7.25. The Morgan fingerprint density at radius 3 is 2.80 bits per heavy atom.